The van der Waals surface area contributed by atoms with E-state index in [9.17, 15) is 4.79 Å². The molecule has 18 heavy (non-hydrogen) atoms. The molecule has 0 aliphatic heterocycles. The molecule has 0 aliphatic carbocycles. The van der Waals surface area contributed by atoms with Crippen LogP contribution in [0, 0.1) is 0 Å². The zero-order valence-corrected chi connectivity index (χ0v) is 9.60. The predicted octanol–water partition coefficient (Wildman–Crippen LogP) is 1.42. The maximum absolute atomic E-state index is 11.3. The Kier molecular flexibility index (Phi) is 2.37. The van der Waals surface area contributed by atoms with E-state index in [1.54, 1.807) is 0 Å². The van der Waals surface area contributed by atoms with Gasteiger partial charge in [0.05, 0.1) is 5.69 Å². The van der Waals surface area contributed by atoms with Crippen LogP contribution in [0.1, 0.15) is 11.3 Å². The molecule has 0 saturated heterocycles. The van der Waals surface area contributed by atoms with Crippen LogP contribution in [0.15, 0.2) is 41.3 Å². The van der Waals surface area contributed by atoms with Gasteiger partial charge in [0.15, 0.2) is 0 Å². The molecule has 0 amide bonds. The fraction of sp³-hybridized carbons (Fsp3) is 0.0769. The van der Waals surface area contributed by atoms with Crippen LogP contribution < -0.4 is 11.3 Å². The first kappa shape index (κ1) is 10.6. The molecule has 5 nitrogen and oxygen atoms in total. The van der Waals surface area contributed by atoms with E-state index < -0.39 is 0 Å². The van der Waals surface area contributed by atoms with Gasteiger partial charge in [-0.2, -0.15) is 0 Å². The topological polar surface area (TPSA) is 87.6 Å². The van der Waals surface area contributed by atoms with Gasteiger partial charge in [0.25, 0.3) is 5.56 Å². The van der Waals surface area contributed by atoms with Gasteiger partial charge in [-0.15, -0.1) is 0 Å². The van der Waals surface area contributed by atoms with Crippen molar-refractivity contribution < 1.29 is 0 Å². The van der Waals surface area contributed by atoms with E-state index in [0.29, 0.717) is 12.1 Å². The van der Waals surface area contributed by atoms with Crippen molar-refractivity contribution in [2.75, 3.05) is 5.73 Å². The van der Waals surface area contributed by atoms with Gasteiger partial charge in [0.2, 0.25) is 5.95 Å². The largest absolute Gasteiger partial charge is 0.369 e. The number of nitrogens with one attached hydrogen (secondary N) is 2. The first-order chi connectivity index (χ1) is 8.70. The number of nitrogens with zero attached hydrogens (tertiary/aromatic N) is 1. The highest BCUT2D eigenvalue weighted by atomic mass is 16.1. The van der Waals surface area contributed by atoms with Crippen LogP contribution in [0.3, 0.4) is 0 Å². The highest BCUT2D eigenvalue weighted by Gasteiger charge is 2.02. The van der Waals surface area contributed by atoms with Crippen LogP contribution in [-0.2, 0) is 6.42 Å². The zero-order valence-electron chi connectivity index (χ0n) is 9.60. The fourth-order valence-corrected chi connectivity index (χ4v) is 2.03. The number of benzene rings is 1. The Morgan fingerprint density at radius 2 is 2.11 bits per heavy atom. The Morgan fingerprint density at radius 3 is 2.94 bits per heavy atom. The number of hydrogen-bond acceptors (Lipinski definition) is 3. The lowest BCUT2D eigenvalue weighted by molar-refractivity contribution is 1.02. The van der Waals surface area contributed by atoms with E-state index in [1.807, 2.05) is 30.5 Å². The van der Waals surface area contributed by atoms with Crippen molar-refractivity contribution in [3.63, 3.8) is 0 Å². The third kappa shape index (κ3) is 1.98. The Balaban J connectivity index is 1.97. The van der Waals surface area contributed by atoms with Gasteiger partial charge >= 0.3 is 0 Å². The van der Waals surface area contributed by atoms with Crippen LogP contribution in [0.25, 0.3) is 10.9 Å². The van der Waals surface area contributed by atoms with Crippen LogP contribution in [0.2, 0.25) is 0 Å². The number of H-pyrrole nitrogens is 2. The number of rotatable bonds is 2. The average molecular weight is 240 g/mol. The number of anilines is 1. The van der Waals surface area contributed by atoms with Gasteiger partial charge < -0.3 is 10.7 Å². The number of fused-ring (bicyclic) bond motifs is 1. The molecule has 3 aromatic rings. The molecule has 0 saturated carbocycles. The molecular formula is C13H12N4O. The third-order valence-corrected chi connectivity index (χ3v) is 2.82. The number of aromatic amines is 2. The molecule has 4 N–H and O–H groups in total. The monoisotopic (exact) mass is 240 g/mol. The second-order valence-electron chi connectivity index (χ2n) is 4.20. The molecule has 0 fully saturated rings. The van der Waals surface area contributed by atoms with Crippen LogP contribution in [0.4, 0.5) is 5.95 Å². The summed E-state index contributed by atoms with van der Waals surface area (Å²) in [7, 11) is 0. The average Bonchev–Trinajstić information content (AvgIpc) is 2.74. The van der Waals surface area contributed by atoms with Crippen molar-refractivity contribution in [3.05, 3.63) is 58.1 Å². The molecule has 90 valence electrons. The minimum atomic E-state index is -0.224. The van der Waals surface area contributed by atoms with Crippen molar-refractivity contribution >= 4 is 16.9 Å². The van der Waals surface area contributed by atoms with Crippen molar-refractivity contribution in [2.45, 2.75) is 6.42 Å². The van der Waals surface area contributed by atoms with Crippen molar-refractivity contribution in [2.24, 2.45) is 0 Å². The van der Waals surface area contributed by atoms with E-state index >= 15 is 0 Å². The number of nitrogen functional groups attached to an aromatic ring is 1. The van der Waals surface area contributed by atoms with Gasteiger partial charge in [-0.25, -0.2) is 4.98 Å². The SMILES string of the molecule is Nc1nc(Cc2ccc3cc[nH]c3c2)cc(=O)[nH]1. The van der Waals surface area contributed by atoms with Gasteiger partial charge in [0.1, 0.15) is 0 Å². The van der Waals surface area contributed by atoms with Gasteiger partial charge in [-0.05, 0) is 23.1 Å². The molecule has 5 heteroatoms. The number of hydrogen-bond donors (Lipinski definition) is 3. The Hall–Kier alpha value is -2.56. The zero-order chi connectivity index (χ0) is 12.5. The van der Waals surface area contributed by atoms with Crippen molar-refractivity contribution in [3.8, 4) is 0 Å². The second kappa shape index (κ2) is 4.03. The van der Waals surface area contributed by atoms with E-state index in [4.69, 9.17) is 5.73 Å². The second-order valence-corrected chi connectivity index (χ2v) is 4.20. The molecule has 0 unspecified atom stereocenters. The summed E-state index contributed by atoms with van der Waals surface area (Å²) in [5.41, 5.74) is 8.12. The quantitative estimate of drug-likeness (QED) is 0.633. The first-order valence-corrected chi connectivity index (χ1v) is 5.62. The normalized spacial score (nSPS) is 10.9. The Labute approximate surface area is 103 Å². The smallest absolute Gasteiger partial charge is 0.252 e. The highest BCUT2D eigenvalue weighted by Crippen LogP contribution is 2.16. The summed E-state index contributed by atoms with van der Waals surface area (Å²) in [6, 6.07) is 9.60. The lowest BCUT2D eigenvalue weighted by Crippen LogP contribution is -2.12. The lowest BCUT2D eigenvalue weighted by atomic mass is 10.1. The van der Waals surface area contributed by atoms with Gasteiger partial charge in [-0.3, -0.25) is 9.78 Å². The molecule has 2 aromatic heterocycles. The van der Waals surface area contributed by atoms with Crippen LogP contribution in [0.5, 0.6) is 0 Å². The lowest BCUT2D eigenvalue weighted by Gasteiger charge is -2.02. The molecule has 3 rings (SSSR count). The number of nitrogens with two attached hydrogens (primary N) is 1. The summed E-state index contributed by atoms with van der Waals surface area (Å²) in [5.74, 6) is 0.151. The van der Waals surface area contributed by atoms with E-state index in [0.717, 1.165) is 16.5 Å². The van der Waals surface area contributed by atoms with E-state index in [2.05, 4.69) is 15.0 Å². The van der Waals surface area contributed by atoms with Crippen LogP contribution >= 0.6 is 0 Å². The summed E-state index contributed by atoms with van der Waals surface area (Å²) in [6.07, 6.45) is 2.49. The Bertz CT molecular complexity index is 757. The van der Waals surface area contributed by atoms with Crippen LogP contribution in [-0.4, -0.2) is 15.0 Å². The summed E-state index contributed by atoms with van der Waals surface area (Å²) >= 11 is 0. The first-order valence-electron chi connectivity index (χ1n) is 5.62. The molecule has 0 atom stereocenters. The fourth-order valence-electron chi connectivity index (χ4n) is 2.03. The molecule has 2 heterocycles. The molecule has 1 aromatic carbocycles. The van der Waals surface area contributed by atoms with Gasteiger partial charge in [-0.1, -0.05) is 12.1 Å². The summed E-state index contributed by atoms with van der Waals surface area (Å²) in [4.78, 5) is 21.0. The van der Waals surface area contributed by atoms with Crippen molar-refractivity contribution in [1.29, 1.82) is 0 Å². The Morgan fingerprint density at radius 1 is 1.22 bits per heavy atom. The molecule has 0 radical (unpaired) electrons. The standard InChI is InChI=1S/C13H12N4O/c14-13-16-10(7-12(18)17-13)5-8-1-2-9-3-4-15-11(9)6-8/h1-4,6-7,15H,5H2,(H3,14,16,17,18). The summed E-state index contributed by atoms with van der Waals surface area (Å²) in [5, 5.41) is 1.16. The molecule has 0 bridgehead atoms. The summed E-state index contributed by atoms with van der Waals surface area (Å²) < 4.78 is 0. The minimum absolute atomic E-state index is 0.151. The van der Waals surface area contributed by atoms with Crippen molar-refractivity contribution in [1.82, 2.24) is 15.0 Å². The highest BCUT2D eigenvalue weighted by molar-refractivity contribution is 5.79. The van der Waals surface area contributed by atoms with E-state index in [-0.39, 0.29) is 11.5 Å². The molecule has 0 aliphatic rings. The van der Waals surface area contributed by atoms with Gasteiger partial charge in [0, 0.05) is 24.2 Å². The molecular weight excluding hydrogens is 228 g/mol. The maximum atomic E-state index is 11.3. The predicted molar refractivity (Wildman–Crippen MR) is 70.4 cm³/mol. The summed E-state index contributed by atoms with van der Waals surface area (Å²) in [6.45, 7) is 0. The number of aromatic nitrogens is 3. The minimum Gasteiger partial charge on any atom is -0.369 e. The van der Waals surface area contributed by atoms with E-state index in [1.165, 1.54) is 6.07 Å². The molecule has 0 spiro atoms. The maximum Gasteiger partial charge on any atom is 0.252 e. The third-order valence-electron chi connectivity index (χ3n) is 2.82.